The van der Waals surface area contributed by atoms with E-state index in [0.29, 0.717) is 45.0 Å². The minimum Gasteiger partial charge on any atom is -0.457 e. The predicted molar refractivity (Wildman–Crippen MR) is 142 cm³/mol. The van der Waals surface area contributed by atoms with Crippen LogP contribution in [-0.4, -0.2) is 47.0 Å². The number of ether oxygens (including phenoxy) is 2. The number of nitrogens with one attached hydrogen (secondary N) is 2. The average molecular weight is 517 g/mol. The van der Waals surface area contributed by atoms with E-state index in [-0.39, 0.29) is 29.4 Å². The Morgan fingerprint density at radius 2 is 1.95 bits per heavy atom. The molecule has 4 aromatic rings. The van der Waals surface area contributed by atoms with Crippen LogP contribution >= 0.6 is 11.6 Å². The zero-order chi connectivity index (χ0) is 25.7. The van der Waals surface area contributed by atoms with Gasteiger partial charge in [-0.15, -0.1) is 0 Å². The average Bonchev–Trinajstić information content (AvgIpc) is 3.63. The van der Waals surface area contributed by atoms with Gasteiger partial charge in [-0.2, -0.15) is 0 Å². The summed E-state index contributed by atoms with van der Waals surface area (Å²) < 4.78 is 11.8. The first-order valence-corrected chi connectivity index (χ1v) is 12.5. The number of ketones is 1. The molecule has 0 saturated heterocycles. The fraction of sp³-hybridized carbons (Fsp3) is 0.250. The number of amides is 1. The predicted octanol–water partition coefficient (Wildman–Crippen LogP) is 5.57. The molecule has 0 unspecified atom stereocenters. The van der Waals surface area contributed by atoms with E-state index in [2.05, 4.69) is 15.3 Å². The lowest BCUT2D eigenvalue weighted by Crippen LogP contribution is -2.57. The maximum atomic E-state index is 13.7. The molecule has 1 atom stereocenters. The number of likely N-dealkylation sites (N-methyl/N-ethyl adjacent to an activating group) is 1. The number of benzene rings is 2. The fourth-order valence-corrected chi connectivity index (χ4v) is 4.84. The van der Waals surface area contributed by atoms with Gasteiger partial charge in [-0.3, -0.25) is 9.59 Å². The highest BCUT2D eigenvalue weighted by atomic mass is 35.5. The molecule has 1 fully saturated rings. The van der Waals surface area contributed by atoms with Crippen molar-refractivity contribution in [3.8, 4) is 11.5 Å². The summed E-state index contributed by atoms with van der Waals surface area (Å²) in [5.41, 5.74) is 1.53. The Morgan fingerprint density at radius 1 is 1.16 bits per heavy atom. The summed E-state index contributed by atoms with van der Waals surface area (Å²) in [4.78, 5) is 36.1. The topological polar surface area (TPSA) is 96.5 Å². The number of rotatable bonds is 7. The summed E-state index contributed by atoms with van der Waals surface area (Å²) in [5.74, 6) is 0.807. The quantitative estimate of drug-likeness (QED) is 0.312. The van der Waals surface area contributed by atoms with Crippen LogP contribution in [0.5, 0.6) is 11.5 Å². The summed E-state index contributed by atoms with van der Waals surface area (Å²) in [6, 6.07) is 14.3. The van der Waals surface area contributed by atoms with Crippen LogP contribution in [0, 0.1) is 0 Å². The summed E-state index contributed by atoms with van der Waals surface area (Å²) in [5, 5.41) is 4.25. The number of halogens is 1. The van der Waals surface area contributed by atoms with Crippen molar-refractivity contribution in [2.75, 3.05) is 23.9 Å². The molecule has 1 amide bonds. The van der Waals surface area contributed by atoms with Crippen molar-refractivity contribution in [2.24, 2.45) is 0 Å². The molecule has 9 heteroatoms. The summed E-state index contributed by atoms with van der Waals surface area (Å²) in [6.07, 6.45) is 5.48. The van der Waals surface area contributed by atoms with Crippen LogP contribution in [-0.2, 0) is 9.53 Å². The highest BCUT2D eigenvalue weighted by Gasteiger charge is 2.44. The van der Waals surface area contributed by atoms with Crippen molar-refractivity contribution in [3.63, 3.8) is 0 Å². The Morgan fingerprint density at radius 3 is 2.68 bits per heavy atom. The molecule has 8 nitrogen and oxygen atoms in total. The van der Waals surface area contributed by atoms with E-state index >= 15 is 0 Å². The minimum atomic E-state index is -0.982. The van der Waals surface area contributed by atoms with Crippen molar-refractivity contribution in [1.82, 2.24) is 9.97 Å². The van der Waals surface area contributed by atoms with E-state index in [1.807, 2.05) is 37.3 Å². The van der Waals surface area contributed by atoms with Crippen molar-refractivity contribution in [2.45, 2.75) is 31.4 Å². The monoisotopic (exact) mass is 516 g/mol. The third-order valence-corrected chi connectivity index (χ3v) is 7.07. The standard InChI is InChI=1S/C28H25ClN4O4/c1-28(15-36-16-8-9-16)27(35)33(2)22-14-31-26-23(24(22)32-28)20(13-30-26)25(34)19-11-10-18(12-21(19)29)37-17-6-4-3-5-7-17/h3-7,10-14,16,32H,8-9,15H2,1-2H3,(H,30,31)/t28-/m1/s1. The van der Waals surface area contributed by atoms with Gasteiger partial charge in [-0.05, 0) is 44.0 Å². The number of pyridine rings is 1. The Labute approximate surface area is 218 Å². The number of carbonyl (C=O) groups is 2. The number of hydrogen-bond acceptors (Lipinski definition) is 6. The second kappa shape index (κ2) is 8.90. The summed E-state index contributed by atoms with van der Waals surface area (Å²) in [6.45, 7) is 2.05. The van der Waals surface area contributed by atoms with Crippen LogP contribution < -0.4 is 15.0 Å². The highest BCUT2D eigenvalue weighted by molar-refractivity contribution is 6.36. The number of anilines is 2. The molecule has 37 heavy (non-hydrogen) atoms. The molecule has 1 saturated carbocycles. The molecule has 0 spiro atoms. The second-order valence-corrected chi connectivity index (χ2v) is 10.1. The van der Waals surface area contributed by atoms with E-state index in [9.17, 15) is 9.59 Å². The molecule has 0 radical (unpaired) electrons. The van der Waals surface area contributed by atoms with Crippen LogP contribution in [0.3, 0.4) is 0 Å². The second-order valence-electron chi connectivity index (χ2n) is 9.66. The van der Waals surface area contributed by atoms with Crippen LogP contribution in [0.4, 0.5) is 11.4 Å². The van der Waals surface area contributed by atoms with Crippen molar-refractivity contribution >= 4 is 45.7 Å². The third-order valence-electron chi connectivity index (χ3n) is 6.76. The van der Waals surface area contributed by atoms with Gasteiger partial charge in [0.25, 0.3) is 5.91 Å². The molecule has 2 aromatic heterocycles. The SMILES string of the molecule is CN1C(=O)[C@@](C)(COC2CC2)Nc2c1cnc1[nH]cc(C(=O)c3ccc(Oc4ccccc4)cc3Cl)c21. The molecule has 2 aliphatic rings. The van der Waals surface area contributed by atoms with Crippen LogP contribution in [0.15, 0.2) is 60.9 Å². The Balaban J connectivity index is 1.36. The molecule has 0 bridgehead atoms. The summed E-state index contributed by atoms with van der Waals surface area (Å²) >= 11 is 6.55. The molecule has 1 aliphatic carbocycles. The Kier molecular flexibility index (Phi) is 5.66. The van der Waals surface area contributed by atoms with Crippen molar-refractivity contribution in [1.29, 1.82) is 0 Å². The number of para-hydroxylation sites is 1. The molecule has 188 valence electrons. The van der Waals surface area contributed by atoms with E-state index < -0.39 is 5.54 Å². The van der Waals surface area contributed by atoms with Gasteiger partial charge in [0.1, 0.15) is 22.7 Å². The van der Waals surface area contributed by atoms with E-state index in [0.717, 1.165) is 12.8 Å². The third kappa shape index (κ3) is 4.22. The lowest BCUT2D eigenvalue weighted by Gasteiger charge is -2.40. The number of hydrogen-bond donors (Lipinski definition) is 2. The molecule has 2 aromatic carbocycles. The fourth-order valence-electron chi connectivity index (χ4n) is 4.58. The first-order chi connectivity index (χ1) is 17.8. The van der Waals surface area contributed by atoms with E-state index in [4.69, 9.17) is 21.1 Å². The van der Waals surface area contributed by atoms with Gasteiger partial charge in [0.05, 0.1) is 46.3 Å². The number of aromatic amines is 1. The normalized spacial score (nSPS) is 19.0. The molecule has 6 rings (SSSR count). The zero-order valence-corrected chi connectivity index (χ0v) is 21.1. The number of carbonyl (C=O) groups excluding carboxylic acids is 2. The number of nitrogens with zero attached hydrogens (tertiary/aromatic N) is 2. The molecule has 3 heterocycles. The summed E-state index contributed by atoms with van der Waals surface area (Å²) in [7, 11) is 1.71. The number of fused-ring (bicyclic) bond motifs is 3. The van der Waals surface area contributed by atoms with Crippen molar-refractivity contribution in [3.05, 3.63) is 77.1 Å². The molecular weight excluding hydrogens is 492 g/mol. The zero-order valence-electron chi connectivity index (χ0n) is 20.4. The van der Waals surface area contributed by atoms with Crippen LogP contribution in [0.2, 0.25) is 5.02 Å². The van der Waals surface area contributed by atoms with Gasteiger partial charge < -0.3 is 24.7 Å². The lowest BCUT2D eigenvalue weighted by atomic mass is 9.95. The maximum absolute atomic E-state index is 13.7. The van der Waals surface area contributed by atoms with Gasteiger partial charge in [0.2, 0.25) is 0 Å². The smallest absolute Gasteiger partial charge is 0.254 e. The number of aromatic nitrogens is 2. The Bertz CT molecular complexity index is 1530. The van der Waals surface area contributed by atoms with Gasteiger partial charge in [0.15, 0.2) is 5.78 Å². The molecule has 2 N–H and O–H groups in total. The van der Waals surface area contributed by atoms with Crippen LogP contribution in [0.25, 0.3) is 11.0 Å². The van der Waals surface area contributed by atoms with Gasteiger partial charge >= 0.3 is 0 Å². The first-order valence-electron chi connectivity index (χ1n) is 12.1. The van der Waals surface area contributed by atoms with Gasteiger partial charge in [-0.1, -0.05) is 29.8 Å². The largest absolute Gasteiger partial charge is 0.457 e. The van der Waals surface area contributed by atoms with Gasteiger partial charge in [-0.25, -0.2) is 4.98 Å². The minimum absolute atomic E-state index is 0.123. The lowest BCUT2D eigenvalue weighted by molar-refractivity contribution is -0.124. The highest BCUT2D eigenvalue weighted by Crippen LogP contribution is 2.42. The van der Waals surface area contributed by atoms with Crippen LogP contribution in [0.1, 0.15) is 35.7 Å². The van der Waals surface area contributed by atoms with Gasteiger partial charge in [0, 0.05) is 24.9 Å². The molecule has 1 aliphatic heterocycles. The maximum Gasteiger partial charge on any atom is 0.254 e. The van der Waals surface area contributed by atoms with E-state index in [1.165, 1.54) is 0 Å². The first kappa shape index (κ1) is 23.5. The number of H-pyrrole nitrogens is 1. The Hall–Kier alpha value is -3.88. The van der Waals surface area contributed by atoms with Crippen molar-refractivity contribution < 1.29 is 19.1 Å². The van der Waals surface area contributed by atoms with E-state index in [1.54, 1.807) is 42.5 Å². The molecular formula is C28H25ClN4O4.